The van der Waals surface area contributed by atoms with Crippen LogP contribution in [-0.4, -0.2) is 25.9 Å². The van der Waals surface area contributed by atoms with Crippen LogP contribution in [0.1, 0.15) is 42.7 Å². The number of thiophene rings is 2. The van der Waals surface area contributed by atoms with Crippen LogP contribution in [0, 0.1) is 17.2 Å². The summed E-state index contributed by atoms with van der Waals surface area (Å²) in [6, 6.07) is 6.07. The third-order valence-electron chi connectivity index (χ3n) is 5.49. The number of thioether (sulfide) groups is 1. The predicted molar refractivity (Wildman–Crippen MR) is 123 cm³/mol. The number of hydrogen-bond acceptors (Lipinski definition) is 7. The second kappa shape index (κ2) is 8.92. The minimum Gasteiger partial charge on any atom is -0.316 e. The molecule has 156 valence electrons. The van der Waals surface area contributed by atoms with Gasteiger partial charge in [0.1, 0.15) is 11.1 Å². The highest BCUT2D eigenvalue weighted by atomic mass is 32.2. The van der Waals surface area contributed by atoms with Gasteiger partial charge in [-0.25, -0.2) is 0 Å². The maximum atomic E-state index is 12.6. The molecular weight excluding hydrogens is 434 g/mol. The van der Waals surface area contributed by atoms with Crippen molar-refractivity contribution in [1.29, 1.82) is 5.26 Å². The van der Waals surface area contributed by atoms with Gasteiger partial charge in [0, 0.05) is 11.9 Å². The molecule has 4 rings (SSSR count). The molecule has 0 saturated carbocycles. The van der Waals surface area contributed by atoms with Crippen LogP contribution >= 0.6 is 34.4 Å². The van der Waals surface area contributed by atoms with Gasteiger partial charge in [0.15, 0.2) is 11.0 Å². The first kappa shape index (κ1) is 21.1. The van der Waals surface area contributed by atoms with Gasteiger partial charge in [0.05, 0.1) is 15.7 Å². The molecule has 0 bridgehead atoms. The number of rotatable bonds is 6. The average molecular weight is 458 g/mol. The Balaban J connectivity index is 1.47. The highest BCUT2D eigenvalue weighted by molar-refractivity contribution is 8.00. The lowest BCUT2D eigenvalue weighted by molar-refractivity contribution is -0.115. The van der Waals surface area contributed by atoms with Crippen LogP contribution in [0.15, 0.2) is 22.7 Å². The van der Waals surface area contributed by atoms with Crippen molar-refractivity contribution in [2.45, 2.75) is 49.9 Å². The van der Waals surface area contributed by atoms with Crippen LogP contribution in [-0.2, 0) is 24.7 Å². The Kier molecular flexibility index (Phi) is 6.27. The van der Waals surface area contributed by atoms with Crippen molar-refractivity contribution in [3.8, 4) is 16.8 Å². The molecule has 30 heavy (non-hydrogen) atoms. The van der Waals surface area contributed by atoms with Crippen molar-refractivity contribution in [3.63, 3.8) is 0 Å². The molecule has 1 amide bonds. The fraction of sp³-hybridized carbons (Fsp3) is 0.429. The lowest BCUT2D eigenvalue weighted by atomic mass is 9.87. The fourth-order valence-electron chi connectivity index (χ4n) is 3.61. The number of anilines is 1. The standard InChI is InChI=1S/C21H23N5OS3/c1-4-13-5-6-16-15(9-13)10-17(30-16)18-24-25-21(26(18)3)29-12(2)19(27)23-20-14(11-22)7-8-28-20/h7-8,10,12-13H,4-6,9H2,1-3H3,(H,23,27)/t12-,13-/m0/s1. The van der Waals surface area contributed by atoms with Crippen LogP contribution < -0.4 is 5.32 Å². The van der Waals surface area contributed by atoms with E-state index >= 15 is 0 Å². The van der Waals surface area contributed by atoms with E-state index in [-0.39, 0.29) is 11.2 Å². The second-order valence-electron chi connectivity index (χ2n) is 7.47. The summed E-state index contributed by atoms with van der Waals surface area (Å²) in [7, 11) is 1.95. The minimum atomic E-state index is -0.365. The zero-order valence-electron chi connectivity index (χ0n) is 17.1. The topological polar surface area (TPSA) is 83.6 Å². The maximum Gasteiger partial charge on any atom is 0.238 e. The van der Waals surface area contributed by atoms with Crippen molar-refractivity contribution in [2.75, 3.05) is 5.32 Å². The van der Waals surface area contributed by atoms with Gasteiger partial charge in [-0.3, -0.25) is 4.79 Å². The van der Waals surface area contributed by atoms with E-state index in [2.05, 4.69) is 34.6 Å². The molecule has 1 aliphatic rings. The van der Waals surface area contributed by atoms with Crippen molar-refractivity contribution in [1.82, 2.24) is 14.8 Å². The number of nitriles is 1. The summed E-state index contributed by atoms with van der Waals surface area (Å²) in [5, 5.41) is 23.4. The van der Waals surface area contributed by atoms with Crippen LogP contribution in [0.25, 0.3) is 10.7 Å². The number of carbonyl (C=O) groups is 1. The molecule has 2 atom stereocenters. The summed E-state index contributed by atoms with van der Waals surface area (Å²) in [6.07, 6.45) is 4.82. The Morgan fingerprint density at radius 1 is 1.50 bits per heavy atom. The van der Waals surface area contributed by atoms with Gasteiger partial charge >= 0.3 is 0 Å². The molecule has 0 aliphatic heterocycles. The van der Waals surface area contributed by atoms with Crippen molar-refractivity contribution in [3.05, 3.63) is 33.5 Å². The Labute approximate surface area is 188 Å². The molecule has 0 radical (unpaired) electrons. The quantitative estimate of drug-likeness (QED) is 0.520. The van der Waals surface area contributed by atoms with E-state index in [0.29, 0.717) is 15.7 Å². The third kappa shape index (κ3) is 4.17. The Hall–Kier alpha value is -2.15. The molecule has 3 aromatic heterocycles. The summed E-state index contributed by atoms with van der Waals surface area (Å²) in [5.41, 5.74) is 1.95. The molecule has 0 unspecified atom stereocenters. The first-order valence-corrected chi connectivity index (χ1v) is 12.5. The highest BCUT2D eigenvalue weighted by Gasteiger charge is 2.24. The fourth-order valence-corrected chi connectivity index (χ4v) is 6.39. The normalized spacial score (nSPS) is 16.7. The molecule has 3 heterocycles. The summed E-state index contributed by atoms with van der Waals surface area (Å²) >= 11 is 4.54. The Bertz CT molecular complexity index is 1110. The molecule has 0 saturated heterocycles. The van der Waals surface area contributed by atoms with E-state index in [0.717, 1.165) is 29.5 Å². The predicted octanol–water partition coefficient (Wildman–Crippen LogP) is 5.11. The Morgan fingerprint density at radius 2 is 2.33 bits per heavy atom. The zero-order valence-corrected chi connectivity index (χ0v) is 19.6. The average Bonchev–Trinajstić information content (AvgIpc) is 3.46. The summed E-state index contributed by atoms with van der Waals surface area (Å²) in [5.74, 6) is 1.48. The number of amides is 1. The van der Waals surface area contributed by atoms with E-state index in [1.54, 1.807) is 11.4 Å². The van der Waals surface area contributed by atoms with Gasteiger partial charge < -0.3 is 9.88 Å². The van der Waals surface area contributed by atoms with E-state index in [9.17, 15) is 4.79 Å². The Morgan fingerprint density at radius 3 is 3.10 bits per heavy atom. The van der Waals surface area contributed by atoms with E-state index in [4.69, 9.17) is 5.26 Å². The van der Waals surface area contributed by atoms with Gasteiger partial charge in [-0.1, -0.05) is 25.1 Å². The number of fused-ring (bicyclic) bond motifs is 1. The molecule has 1 N–H and O–H groups in total. The van der Waals surface area contributed by atoms with Gasteiger partial charge in [-0.15, -0.1) is 32.9 Å². The van der Waals surface area contributed by atoms with Crippen molar-refractivity contribution < 1.29 is 4.79 Å². The zero-order chi connectivity index (χ0) is 21.3. The SMILES string of the molecule is CC[C@H]1CCc2sc(-c3nnc(S[C@@H](C)C(=O)Nc4sccc4C#N)n3C)cc2C1. The third-order valence-corrected chi connectivity index (χ3v) is 8.69. The number of aryl methyl sites for hydroxylation is 1. The molecule has 6 nitrogen and oxygen atoms in total. The molecule has 1 aliphatic carbocycles. The molecule has 0 aromatic carbocycles. The maximum absolute atomic E-state index is 12.6. The number of hydrogen-bond donors (Lipinski definition) is 1. The first-order chi connectivity index (χ1) is 14.5. The first-order valence-electron chi connectivity index (χ1n) is 9.96. The largest absolute Gasteiger partial charge is 0.316 e. The number of carbonyl (C=O) groups excluding carboxylic acids is 1. The van der Waals surface area contributed by atoms with Gasteiger partial charge in [0.2, 0.25) is 5.91 Å². The number of nitrogens with one attached hydrogen (secondary N) is 1. The van der Waals surface area contributed by atoms with Gasteiger partial charge in [-0.2, -0.15) is 5.26 Å². The monoisotopic (exact) mass is 457 g/mol. The molecule has 0 fully saturated rings. The molecule has 0 spiro atoms. The van der Waals surface area contributed by atoms with Crippen LogP contribution in [0.4, 0.5) is 5.00 Å². The number of nitrogens with zero attached hydrogens (tertiary/aromatic N) is 4. The summed E-state index contributed by atoms with van der Waals surface area (Å²) in [4.78, 5) is 15.2. The molecule has 3 aromatic rings. The summed E-state index contributed by atoms with van der Waals surface area (Å²) in [6.45, 7) is 4.11. The minimum absolute atomic E-state index is 0.152. The lowest BCUT2D eigenvalue weighted by Crippen LogP contribution is -2.22. The van der Waals surface area contributed by atoms with Gasteiger partial charge in [-0.05, 0) is 55.2 Å². The van der Waals surface area contributed by atoms with E-state index < -0.39 is 0 Å². The second-order valence-corrected chi connectivity index (χ2v) is 10.8. The van der Waals surface area contributed by atoms with Gasteiger partial charge in [0.25, 0.3) is 0 Å². The van der Waals surface area contributed by atoms with Crippen LogP contribution in [0.3, 0.4) is 0 Å². The summed E-state index contributed by atoms with van der Waals surface area (Å²) < 4.78 is 1.97. The molecule has 9 heteroatoms. The number of aromatic nitrogens is 3. The van der Waals surface area contributed by atoms with E-state index in [1.165, 1.54) is 46.4 Å². The smallest absolute Gasteiger partial charge is 0.238 e. The van der Waals surface area contributed by atoms with Crippen molar-refractivity contribution in [2.24, 2.45) is 13.0 Å². The molecular formula is C21H23N5OS3. The van der Waals surface area contributed by atoms with Crippen LogP contribution in [0.5, 0.6) is 0 Å². The van der Waals surface area contributed by atoms with Crippen molar-refractivity contribution >= 4 is 45.3 Å². The van der Waals surface area contributed by atoms with E-state index in [1.807, 2.05) is 29.9 Å². The van der Waals surface area contributed by atoms with Crippen LogP contribution in [0.2, 0.25) is 0 Å². The highest BCUT2D eigenvalue weighted by Crippen LogP contribution is 2.38. The lowest BCUT2D eigenvalue weighted by Gasteiger charge is -2.19.